The van der Waals surface area contributed by atoms with E-state index < -0.39 is 17.1 Å². The first-order valence-electron chi connectivity index (χ1n) is 11.0. The number of hydrogen-bond donors (Lipinski definition) is 1. The van der Waals surface area contributed by atoms with E-state index >= 15 is 0 Å². The maximum atomic E-state index is 13.5. The number of aliphatic hydroxyl groups is 1. The zero-order valence-electron chi connectivity index (χ0n) is 18.4. The summed E-state index contributed by atoms with van der Waals surface area (Å²) in [5.41, 5.74) is 1.99. The zero-order chi connectivity index (χ0) is 22.0. The van der Waals surface area contributed by atoms with Crippen LogP contribution in [0.4, 0.5) is 4.79 Å². The molecule has 0 saturated carbocycles. The molecule has 0 bridgehead atoms. The molecule has 2 aromatic carbocycles. The molecule has 2 aliphatic rings. The Hall–Kier alpha value is -2.24. The maximum absolute atomic E-state index is 13.5. The minimum atomic E-state index is -0.939. The largest absolute Gasteiger partial charge is 0.431 e. The second-order valence-corrected chi connectivity index (χ2v) is 9.63. The summed E-state index contributed by atoms with van der Waals surface area (Å²) in [7, 11) is 0. The molecule has 1 amide bonds. The van der Waals surface area contributed by atoms with Crippen molar-refractivity contribution in [2.45, 2.75) is 56.2 Å². The number of rotatable bonds is 7. The minimum Gasteiger partial charge on any atom is -0.431 e. The fraction of sp³-hybridized carbons (Fsp3) is 0.423. The zero-order valence-corrected chi connectivity index (χ0v) is 19.2. The Kier molecular flexibility index (Phi) is 6.44. The number of cyclic esters (lactones) is 1. The summed E-state index contributed by atoms with van der Waals surface area (Å²) in [6, 6.07) is 19.7. The van der Waals surface area contributed by atoms with Gasteiger partial charge in [0.15, 0.2) is 5.60 Å². The van der Waals surface area contributed by atoms with Gasteiger partial charge in [-0.1, -0.05) is 80.6 Å². The first kappa shape index (κ1) is 22.0. The van der Waals surface area contributed by atoms with Crippen LogP contribution in [0.2, 0.25) is 0 Å². The smallest absolute Gasteiger partial charge is 0.412 e. The Labute approximate surface area is 189 Å². The third kappa shape index (κ3) is 3.79. The molecule has 0 aromatic heterocycles. The number of aliphatic hydroxyl groups excluding tert-OH is 1. The van der Waals surface area contributed by atoms with Crippen LogP contribution in [-0.4, -0.2) is 39.9 Å². The van der Waals surface area contributed by atoms with Crippen molar-refractivity contribution in [2.75, 3.05) is 6.26 Å². The lowest BCUT2D eigenvalue weighted by Gasteiger charge is -2.41. The molecule has 2 aromatic rings. The van der Waals surface area contributed by atoms with Crippen LogP contribution in [0.15, 0.2) is 72.3 Å². The maximum Gasteiger partial charge on any atom is 0.412 e. The average molecular weight is 438 g/mol. The molecule has 31 heavy (non-hydrogen) atoms. The average Bonchev–Trinajstić information content (AvgIpc) is 3.43. The fourth-order valence-corrected chi connectivity index (χ4v) is 6.03. The monoisotopic (exact) mass is 437 g/mol. The van der Waals surface area contributed by atoms with Crippen LogP contribution >= 0.6 is 11.8 Å². The molecule has 5 heteroatoms. The first-order chi connectivity index (χ1) is 15.0. The molecule has 3 atom stereocenters. The quantitative estimate of drug-likeness (QED) is 0.576. The Morgan fingerprint density at radius 1 is 1.06 bits per heavy atom. The molecule has 1 aliphatic heterocycles. The highest BCUT2D eigenvalue weighted by Gasteiger charge is 2.59. The van der Waals surface area contributed by atoms with Crippen molar-refractivity contribution < 1.29 is 14.6 Å². The summed E-state index contributed by atoms with van der Waals surface area (Å²) in [4.78, 5) is 15.3. The van der Waals surface area contributed by atoms with E-state index in [1.807, 2.05) is 66.9 Å². The molecule has 1 aliphatic carbocycles. The number of nitrogens with zero attached hydrogens (tertiary/aromatic N) is 1. The van der Waals surface area contributed by atoms with Crippen molar-refractivity contribution in [2.24, 2.45) is 5.92 Å². The molecule has 1 saturated heterocycles. The van der Waals surface area contributed by atoms with Crippen LogP contribution in [0.1, 0.15) is 44.2 Å². The lowest BCUT2D eigenvalue weighted by Crippen LogP contribution is -2.53. The normalized spacial score (nSPS) is 22.4. The van der Waals surface area contributed by atoms with Crippen molar-refractivity contribution in [1.82, 2.24) is 4.90 Å². The molecule has 1 heterocycles. The van der Waals surface area contributed by atoms with Gasteiger partial charge in [0.05, 0.1) is 6.04 Å². The van der Waals surface area contributed by atoms with E-state index in [-0.39, 0.29) is 18.1 Å². The topological polar surface area (TPSA) is 49.8 Å². The molecule has 1 N–H and O–H groups in total. The highest BCUT2D eigenvalue weighted by Crippen LogP contribution is 2.49. The number of thioether (sulfide) groups is 1. The Bertz CT molecular complexity index is 889. The van der Waals surface area contributed by atoms with Gasteiger partial charge in [0.1, 0.15) is 11.5 Å². The van der Waals surface area contributed by atoms with E-state index in [1.54, 1.807) is 4.90 Å². The Balaban J connectivity index is 1.86. The van der Waals surface area contributed by atoms with Crippen LogP contribution in [0.5, 0.6) is 0 Å². The highest BCUT2D eigenvalue weighted by molar-refractivity contribution is 7.99. The van der Waals surface area contributed by atoms with Crippen LogP contribution in [0.3, 0.4) is 0 Å². The number of carbonyl (C=O) groups excluding carboxylic acids is 1. The predicted molar refractivity (Wildman–Crippen MR) is 126 cm³/mol. The Morgan fingerprint density at radius 3 is 2.10 bits per heavy atom. The minimum absolute atomic E-state index is 0.103. The lowest BCUT2D eigenvalue weighted by molar-refractivity contribution is 0.0505. The van der Waals surface area contributed by atoms with Gasteiger partial charge >= 0.3 is 6.09 Å². The fourth-order valence-electron chi connectivity index (χ4n) is 5.15. The van der Waals surface area contributed by atoms with Crippen LogP contribution in [-0.2, 0) is 10.3 Å². The predicted octanol–water partition coefficient (Wildman–Crippen LogP) is 5.57. The number of benzene rings is 2. The molecular weight excluding hydrogens is 406 g/mol. The molecule has 164 valence electrons. The van der Waals surface area contributed by atoms with E-state index in [0.29, 0.717) is 0 Å². The van der Waals surface area contributed by atoms with Gasteiger partial charge in [0, 0.05) is 11.1 Å². The summed E-state index contributed by atoms with van der Waals surface area (Å²) in [5.74, 6) is 0.103. The standard InChI is InChI=1S/C26H31NO3S/c1-18(2)23-26(20-14-6-4-7-15-20,21-16-8-5-9-17-21)30-25(29)27(23)24(31-3)22(28)19-12-10-11-13-19/h4-9,12,14-18,22-24,28H,10-11,13H2,1-3H3/t22-,23-,24-/m0/s1. The van der Waals surface area contributed by atoms with Crippen molar-refractivity contribution in [1.29, 1.82) is 0 Å². The van der Waals surface area contributed by atoms with Crippen molar-refractivity contribution >= 4 is 17.9 Å². The molecule has 0 spiro atoms. The number of allylic oxidation sites excluding steroid dienone is 1. The van der Waals surface area contributed by atoms with E-state index in [4.69, 9.17) is 4.74 Å². The van der Waals surface area contributed by atoms with Crippen LogP contribution in [0.25, 0.3) is 0 Å². The van der Waals surface area contributed by atoms with Crippen molar-refractivity contribution in [3.8, 4) is 0 Å². The summed E-state index contributed by atoms with van der Waals surface area (Å²) < 4.78 is 6.35. The third-order valence-corrected chi connectivity index (χ3v) is 7.42. The van der Waals surface area contributed by atoms with Gasteiger partial charge in [0.25, 0.3) is 0 Å². The highest BCUT2D eigenvalue weighted by atomic mass is 32.2. The van der Waals surface area contributed by atoms with Gasteiger partial charge in [-0.15, -0.1) is 11.8 Å². The van der Waals surface area contributed by atoms with Gasteiger partial charge in [-0.3, -0.25) is 4.90 Å². The van der Waals surface area contributed by atoms with Crippen LogP contribution in [0, 0.1) is 5.92 Å². The molecule has 4 rings (SSSR count). The number of hydrogen-bond acceptors (Lipinski definition) is 4. The second-order valence-electron chi connectivity index (χ2n) is 8.67. The number of ether oxygens (including phenoxy) is 1. The van der Waals surface area contributed by atoms with Crippen LogP contribution < -0.4 is 0 Å². The molecule has 0 radical (unpaired) electrons. The number of carbonyl (C=O) groups is 1. The third-order valence-electron chi connectivity index (χ3n) is 6.45. The van der Waals surface area contributed by atoms with E-state index in [0.717, 1.165) is 36.0 Å². The van der Waals surface area contributed by atoms with Gasteiger partial charge in [-0.05, 0) is 37.0 Å². The van der Waals surface area contributed by atoms with E-state index in [2.05, 4.69) is 19.9 Å². The second kappa shape index (κ2) is 9.09. The lowest BCUT2D eigenvalue weighted by atomic mass is 9.75. The van der Waals surface area contributed by atoms with Gasteiger partial charge < -0.3 is 9.84 Å². The summed E-state index contributed by atoms with van der Waals surface area (Å²) in [5, 5.41) is 10.9. The van der Waals surface area contributed by atoms with E-state index in [1.165, 1.54) is 11.8 Å². The van der Waals surface area contributed by atoms with Crippen molar-refractivity contribution in [3.05, 3.63) is 83.4 Å². The van der Waals surface area contributed by atoms with Gasteiger partial charge in [-0.2, -0.15) is 0 Å². The number of amides is 1. The van der Waals surface area contributed by atoms with Crippen molar-refractivity contribution in [3.63, 3.8) is 0 Å². The van der Waals surface area contributed by atoms with E-state index in [9.17, 15) is 9.90 Å². The van der Waals surface area contributed by atoms with Gasteiger partial charge in [0.2, 0.25) is 0 Å². The molecule has 4 nitrogen and oxygen atoms in total. The van der Waals surface area contributed by atoms with Gasteiger partial charge in [-0.25, -0.2) is 4.79 Å². The summed E-state index contributed by atoms with van der Waals surface area (Å²) >= 11 is 1.51. The summed E-state index contributed by atoms with van der Waals surface area (Å²) in [6.45, 7) is 4.25. The molecular formula is C26H31NO3S. The molecule has 1 fully saturated rings. The SMILES string of the molecule is CS[C@@H]([C@@H](O)C1=CCCC1)N1C(=O)OC(c2ccccc2)(c2ccccc2)[C@@H]1C(C)C. The first-order valence-corrected chi connectivity index (χ1v) is 12.3. The molecule has 0 unspecified atom stereocenters. The Morgan fingerprint density at radius 2 is 1.65 bits per heavy atom. The summed E-state index contributed by atoms with van der Waals surface area (Å²) in [6.07, 6.45) is 5.95.